The fourth-order valence-electron chi connectivity index (χ4n) is 1.96. The van der Waals surface area contributed by atoms with Gasteiger partial charge in [0.15, 0.2) is 0 Å². The van der Waals surface area contributed by atoms with Gasteiger partial charge in [0.05, 0.1) is 0 Å². The molecular weight excluding hydrogens is 186 g/mol. The molecule has 0 fully saturated rings. The summed E-state index contributed by atoms with van der Waals surface area (Å²) in [7, 11) is 0. The van der Waals surface area contributed by atoms with E-state index in [-0.39, 0.29) is 5.91 Å². The van der Waals surface area contributed by atoms with Crippen LogP contribution in [0.15, 0.2) is 30.3 Å². The smallest absolute Gasteiger partial charge is 0.221 e. The molecule has 15 heavy (non-hydrogen) atoms. The number of nitrogens with one attached hydrogen (secondary N) is 1. The van der Waals surface area contributed by atoms with Crippen molar-refractivity contribution in [1.82, 2.24) is 5.32 Å². The Balaban J connectivity index is 2.38. The van der Waals surface area contributed by atoms with Crippen molar-refractivity contribution in [3.8, 4) is 0 Å². The maximum atomic E-state index is 11.1. The number of allylic oxidation sites excluding steroid dienone is 1. The topological polar surface area (TPSA) is 29.1 Å². The molecule has 0 heterocycles. The van der Waals surface area contributed by atoms with Crippen molar-refractivity contribution in [2.75, 3.05) is 0 Å². The molecule has 0 radical (unpaired) electrons. The summed E-state index contributed by atoms with van der Waals surface area (Å²) in [6.07, 6.45) is 5.40. The van der Waals surface area contributed by atoms with Gasteiger partial charge in [-0.05, 0) is 24.8 Å². The number of carbonyl (C=O) groups excluding carboxylic acids is 1. The number of carbonyl (C=O) groups is 1. The second-order valence-corrected chi connectivity index (χ2v) is 3.85. The van der Waals surface area contributed by atoms with E-state index in [4.69, 9.17) is 0 Å². The third kappa shape index (κ3) is 2.27. The van der Waals surface area contributed by atoms with E-state index in [2.05, 4.69) is 29.6 Å². The van der Waals surface area contributed by atoms with Gasteiger partial charge in [0.1, 0.15) is 0 Å². The molecule has 2 rings (SSSR count). The lowest BCUT2D eigenvalue weighted by Crippen LogP contribution is -2.18. The van der Waals surface area contributed by atoms with Gasteiger partial charge >= 0.3 is 0 Å². The zero-order valence-corrected chi connectivity index (χ0v) is 8.92. The molecule has 2 heteroatoms. The van der Waals surface area contributed by atoms with E-state index in [9.17, 15) is 4.79 Å². The highest BCUT2D eigenvalue weighted by molar-refractivity contribution is 5.85. The fraction of sp³-hybridized carbons (Fsp3) is 0.308. The predicted octanol–water partition coefficient (Wildman–Crippen LogP) is 2.50. The molecule has 1 N–H and O–H groups in total. The zero-order chi connectivity index (χ0) is 10.7. The standard InChI is InChI=1S/C13H15NO/c1-10(15)14-13-9-5-3-7-11-6-2-4-8-12(11)13/h2,4,6,8-9H,3,5,7H2,1H3,(H,14,15). The fourth-order valence-corrected chi connectivity index (χ4v) is 1.96. The molecule has 0 spiro atoms. The summed E-state index contributed by atoms with van der Waals surface area (Å²) in [6.45, 7) is 1.55. The molecule has 78 valence electrons. The Bertz CT molecular complexity index is 407. The van der Waals surface area contributed by atoms with Crippen LogP contribution in [0.2, 0.25) is 0 Å². The predicted molar refractivity (Wildman–Crippen MR) is 61.2 cm³/mol. The Hall–Kier alpha value is -1.57. The highest BCUT2D eigenvalue weighted by Crippen LogP contribution is 2.23. The second-order valence-electron chi connectivity index (χ2n) is 3.85. The van der Waals surface area contributed by atoms with Gasteiger partial charge in [0.2, 0.25) is 5.91 Å². The van der Waals surface area contributed by atoms with Crippen molar-refractivity contribution in [3.63, 3.8) is 0 Å². The van der Waals surface area contributed by atoms with Crippen LogP contribution in [0.25, 0.3) is 5.70 Å². The average Bonchev–Trinajstić information content (AvgIpc) is 2.41. The quantitative estimate of drug-likeness (QED) is 0.743. The summed E-state index contributed by atoms with van der Waals surface area (Å²) in [5, 5.41) is 2.90. The molecule has 0 saturated heterocycles. The third-order valence-electron chi connectivity index (χ3n) is 2.62. The van der Waals surface area contributed by atoms with Gasteiger partial charge in [-0.15, -0.1) is 0 Å². The Kier molecular flexibility index (Phi) is 2.86. The molecule has 2 nitrogen and oxygen atoms in total. The van der Waals surface area contributed by atoms with Crippen molar-refractivity contribution in [1.29, 1.82) is 0 Å². The van der Waals surface area contributed by atoms with Crippen molar-refractivity contribution in [2.24, 2.45) is 0 Å². The summed E-state index contributed by atoms with van der Waals surface area (Å²) in [6, 6.07) is 8.27. The van der Waals surface area contributed by atoms with Crippen LogP contribution in [-0.2, 0) is 11.2 Å². The van der Waals surface area contributed by atoms with Crippen molar-refractivity contribution in [3.05, 3.63) is 41.5 Å². The average molecular weight is 201 g/mol. The van der Waals surface area contributed by atoms with Crippen LogP contribution in [0.1, 0.15) is 30.9 Å². The summed E-state index contributed by atoms with van der Waals surface area (Å²) < 4.78 is 0. The summed E-state index contributed by atoms with van der Waals surface area (Å²) in [5.74, 6) is -0.00190. The molecule has 1 aromatic carbocycles. The molecule has 1 aliphatic carbocycles. The molecule has 1 aromatic rings. The van der Waals surface area contributed by atoms with Crippen LogP contribution in [0.3, 0.4) is 0 Å². The van der Waals surface area contributed by atoms with Gasteiger partial charge in [-0.3, -0.25) is 4.79 Å². The molecule has 0 atom stereocenters. The highest BCUT2D eigenvalue weighted by Gasteiger charge is 2.10. The van der Waals surface area contributed by atoms with Gasteiger partial charge in [0.25, 0.3) is 0 Å². The van der Waals surface area contributed by atoms with E-state index < -0.39 is 0 Å². The van der Waals surface area contributed by atoms with Crippen molar-refractivity contribution in [2.45, 2.75) is 26.2 Å². The maximum absolute atomic E-state index is 11.1. The number of benzene rings is 1. The Morgan fingerprint density at radius 2 is 2.13 bits per heavy atom. The molecule has 1 aliphatic rings. The monoisotopic (exact) mass is 201 g/mol. The Labute approximate surface area is 90.0 Å². The number of hydrogen-bond donors (Lipinski definition) is 1. The van der Waals surface area contributed by atoms with E-state index in [1.165, 1.54) is 11.1 Å². The van der Waals surface area contributed by atoms with E-state index in [1.807, 2.05) is 6.07 Å². The van der Waals surface area contributed by atoms with Gasteiger partial charge in [-0.25, -0.2) is 0 Å². The first-order valence-corrected chi connectivity index (χ1v) is 5.33. The SMILES string of the molecule is CC(=O)NC1=CCCCc2ccccc21. The third-order valence-corrected chi connectivity index (χ3v) is 2.62. The maximum Gasteiger partial charge on any atom is 0.221 e. The van der Waals surface area contributed by atoms with E-state index in [0.29, 0.717) is 0 Å². The highest BCUT2D eigenvalue weighted by atomic mass is 16.1. The molecule has 0 aliphatic heterocycles. The number of fused-ring (bicyclic) bond motifs is 1. The summed E-state index contributed by atoms with van der Waals surface area (Å²) in [5.41, 5.74) is 3.47. The Morgan fingerprint density at radius 3 is 2.93 bits per heavy atom. The van der Waals surface area contributed by atoms with Gasteiger partial charge in [-0.1, -0.05) is 30.3 Å². The largest absolute Gasteiger partial charge is 0.326 e. The van der Waals surface area contributed by atoms with Crippen LogP contribution in [0.4, 0.5) is 0 Å². The first-order chi connectivity index (χ1) is 7.27. The van der Waals surface area contributed by atoms with Gasteiger partial charge in [0, 0.05) is 18.2 Å². The number of aryl methyl sites for hydroxylation is 1. The Morgan fingerprint density at radius 1 is 1.33 bits per heavy atom. The van der Waals surface area contributed by atoms with Gasteiger partial charge < -0.3 is 5.32 Å². The lowest BCUT2D eigenvalue weighted by atomic mass is 10.0. The van der Waals surface area contributed by atoms with Crippen LogP contribution < -0.4 is 5.32 Å². The minimum atomic E-state index is -0.00190. The first kappa shape index (κ1) is 9.97. The van der Waals surface area contributed by atoms with Crippen molar-refractivity contribution < 1.29 is 4.79 Å². The van der Waals surface area contributed by atoms with E-state index >= 15 is 0 Å². The lowest BCUT2D eigenvalue weighted by Gasteiger charge is -2.10. The molecule has 1 amide bonds. The minimum absolute atomic E-state index is 0.00190. The van der Waals surface area contributed by atoms with Crippen LogP contribution in [-0.4, -0.2) is 5.91 Å². The van der Waals surface area contributed by atoms with Crippen LogP contribution >= 0.6 is 0 Å². The van der Waals surface area contributed by atoms with Gasteiger partial charge in [-0.2, -0.15) is 0 Å². The summed E-state index contributed by atoms with van der Waals surface area (Å²) in [4.78, 5) is 11.1. The van der Waals surface area contributed by atoms with Crippen LogP contribution in [0, 0.1) is 0 Å². The zero-order valence-electron chi connectivity index (χ0n) is 8.92. The second kappa shape index (κ2) is 4.30. The minimum Gasteiger partial charge on any atom is -0.326 e. The molecular formula is C13H15NO. The van der Waals surface area contributed by atoms with E-state index in [0.717, 1.165) is 25.0 Å². The molecule has 0 saturated carbocycles. The molecule has 0 unspecified atom stereocenters. The summed E-state index contributed by atoms with van der Waals surface area (Å²) >= 11 is 0. The lowest BCUT2D eigenvalue weighted by molar-refractivity contribution is -0.117. The normalized spacial score (nSPS) is 14.9. The molecule has 0 aromatic heterocycles. The number of amides is 1. The number of hydrogen-bond acceptors (Lipinski definition) is 1. The van der Waals surface area contributed by atoms with E-state index in [1.54, 1.807) is 6.92 Å². The first-order valence-electron chi connectivity index (χ1n) is 5.33. The van der Waals surface area contributed by atoms with Crippen molar-refractivity contribution >= 4 is 11.6 Å². The molecule has 0 bridgehead atoms. The number of rotatable bonds is 1. The van der Waals surface area contributed by atoms with Crippen LogP contribution in [0.5, 0.6) is 0 Å².